The minimum absolute atomic E-state index is 0.102. The van der Waals surface area contributed by atoms with Crippen LogP contribution in [0.1, 0.15) is 48.7 Å². The zero-order chi connectivity index (χ0) is 13.8. The second-order valence-electron chi connectivity index (χ2n) is 5.14. The van der Waals surface area contributed by atoms with Gasteiger partial charge < -0.3 is 16.4 Å². The average Bonchev–Trinajstić information content (AvgIpc) is 2.81. The number of rotatable bonds is 4. The number of anilines is 2. The summed E-state index contributed by atoms with van der Waals surface area (Å²) < 4.78 is 0. The predicted octanol–water partition coefficient (Wildman–Crippen LogP) is 2.47. The van der Waals surface area contributed by atoms with Crippen molar-refractivity contribution >= 4 is 28.2 Å². The van der Waals surface area contributed by atoms with Gasteiger partial charge in [0.05, 0.1) is 0 Å². The minimum Gasteiger partial charge on any atom is -0.382 e. The Morgan fingerprint density at radius 3 is 2.68 bits per heavy atom. The van der Waals surface area contributed by atoms with Gasteiger partial charge in [-0.15, -0.1) is 0 Å². The molecule has 1 amide bonds. The molecule has 1 aliphatic rings. The molecule has 1 aromatic rings. The molecule has 19 heavy (non-hydrogen) atoms. The van der Waals surface area contributed by atoms with Gasteiger partial charge in [0, 0.05) is 13.1 Å². The average molecular weight is 282 g/mol. The molecule has 1 saturated carbocycles. The molecule has 0 aromatic carbocycles. The van der Waals surface area contributed by atoms with Crippen molar-refractivity contribution in [3.8, 4) is 0 Å². The first-order valence-corrected chi connectivity index (χ1v) is 7.68. The minimum atomic E-state index is -0.102. The van der Waals surface area contributed by atoms with E-state index in [0.717, 1.165) is 0 Å². The topological polar surface area (TPSA) is 80.0 Å². The van der Waals surface area contributed by atoms with Crippen molar-refractivity contribution in [1.82, 2.24) is 10.3 Å². The van der Waals surface area contributed by atoms with E-state index in [2.05, 4.69) is 22.5 Å². The molecule has 1 fully saturated rings. The van der Waals surface area contributed by atoms with E-state index in [0.29, 0.717) is 21.7 Å². The Balaban J connectivity index is 1.97. The Morgan fingerprint density at radius 2 is 2.11 bits per heavy atom. The molecule has 1 unspecified atom stereocenters. The summed E-state index contributed by atoms with van der Waals surface area (Å²) in [5, 5.41) is 6.65. The van der Waals surface area contributed by atoms with E-state index in [1.54, 1.807) is 7.05 Å². The largest absolute Gasteiger partial charge is 0.382 e. The number of hydrogen-bond donors (Lipinski definition) is 3. The lowest BCUT2D eigenvalue weighted by molar-refractivity contribution is 0.0924. The number of nitrogens with one attached hydrogen (secondary N) is 2. The number of carbonyl (C=O) groups is 1. The Morgan fingerprint density at radius 1 is 1.42 bits per heavy atom. The molecule has 0 saturated heterocycles. The van der Waals surface area contributed by atoms with Crippen molar-refractivity contribution in [2.24, 2.45) is 5.92 Å². The van der Waals surface area contributed by atoms with Gasteiger partial charge in [-0.2, -0.15) is 0 Å². The molecule has 0 bridgehead atoms. The first-order chi connectivity index (χ1) is 9.11. The molecule has 106 valence electrons. The standard InChI is InChI=1S/C13H22N4OS/c1-8(9-6-4-3-5-7-9)16-12(18)10-11(14)17-13(15-2)19-10/h8-9H,3-7,14H2,1-2H3,(H,15,17)(H,16,18). The maximum Gasteiger partial charge on any atom is 0.265 e. The molecule has 1 heterocycles. The van der Waals surface area contributed by atoms with Crippen molar-refractivity contribution in [3.63, 3.8) is 0 Å². The number of carbonyl (C=O) groups excluding carboxylic acids is 1. The van der Waals surface area contributed by atoms with Crippen LogP contribution >= 0.6 is 11.3 Å². The van der Waals surface area contributed by atoms with E-state index in [9.17, 15) is 4.79 Å². The van der Waals surface area contributed by atoms with Crippen LogP contribution in [0.5, 0.6) is 0 Å². The monoisotopic (exact) mass is 282 g/mol. The molecule has 1 atom stereocenters. The van der Waals surface area contributed by atoms with Gasteiger partial charge in [-0.25, -0.2) is 4.98 Å². The Bertz CT molecular complexity index is 440. The molecule has 0 radical (unpaired) electrons. The van der Waals surface area contributed by atoms with Crippen LogP contribution in [0.3, 0.4) is 0 Å². The van der Waals surface area contributed by atoms with Crippen LogP contribution in [0.2, 0.25) is 0 Å². The molecule has 5 nitrogen and oxygen atoms in total. The molecular weight excluding hydrogens is 260 g/mol. The van der Waals surface area contributed by atoms with E-state index in [-0.39, 0.29) is 11.9 Å². The van der Waals surface area contributed by atoms with Gasteiger partial charge in [-0.3, -0.25) is 4.79 Å². The summed E-state index contributed by atoms with van der Waals surface area (Å²) in [6.07, 6.45) is 6.29. The molecule has 6 heteroatoms. The summed E-state index contributed by atoms with van der Waals surface area (Å²) >= 11 is 1.30. The number of amides is 1. The quantitative estimate of drug-likeness (QED) is 0.792. The Labute approximate surface area is 118 Å². The second kappa shape index (κ2) is 6.23. The number of aromatic nitrogens is 1. The van der Waals surface area contributed by atoms with Gasteiger partial charge in [-0.05, 0) is 25.7 Å². The predicted molar refractivity (Wildman–Crippen MR) is 79.6 cm³/mol. The number of nitrogens with zero attached hydrogens (tertiary/aromatic N) is 1. The maximum absolute atomic E-state index is 12.2. The van der Waals surface area contributed by atoms with Gasteiger partial charge >= 0.3 is 0 Å². The fourth-order valence-electron chi connectivity index (χ4n) is 2.63. The Hall–Kier alpha value is -1.30. The maximum atomic E-state index is 12.2. The van der Waals surface area contributed by atoms with Gasteiger partial charge in [0.2, 0.25) is 0 Å². The number of thiazole rings is 1. The van der Waals surface area contributed by atoms with Crippen LogP contribution in [0.4, 0.5) is 10.9 Å². The summed E-state index contributed by atoms with van der Waals surface area (Å²) in [6.45, 7) is 2.09. The highest BCUT2D eigenvalue weighted by molar-refractivity contribution is 7.18. The summed E-state index contributed by atoms with van der Waals surface area (Å²) in [6, 6.07) is 0.201. The van der Waals surface area contributed by atoms with E-state index in [1.165, 1.54) is 43.4 Å². The summed E-state index contributed by atoms with van der Waals surface area (Å²) in [7, 11) is 1.77. The van der Waals surface area contributed by atoms with E-state index >= 15 is 0 Å². The highest BCUT2D eigenvalue weighted by atomic mass is 32.1. The van der Waals surface area contributed by atoms with E-state index in [4.69, 9.17) is 5.73 Å². The van der Waals surface area contributed by atoms with Gasteiger partial charge in [0.15, 0.2) is 5.13 Å². The Kier molecular flexibility index (Phi) is 4.63. The summed E-state index contributed by atoms with van der Waals surface area (Å²) in [5.74, 6) is 0.799. The smallest absolute Gasteiger partial charge is 0.265 e. The third-order valence-electron chi connectivity index (χ3n) is 3.79. The zero-order valence-corrected chi connectivity index (χ0v) is 12.3. The SMILES string of the molecule is CNc1nc(N)c(C(=O)NC(C)C2CCCCC2)s1. The van der Waals surface area contributed by atoms with Crippen molar-refractivity contribution in [2.45, 2.75) is 45.1 Å². The third-order valence-corrected chi connectivity index (χ3v) is 4.88. The van der Waals surface area contributed by atoms with Gasteiger partial charge in [0.25, 0.3) is 5.91 Å². The van der Waals surface area contributed by atoms with Crippen molar-refractivity contribution in [3.05, 3.63) is 4.88 Å². The first-order valence-electron chi connectivity index (χ1n) is 6.86. The molecular formula is C13H22N4OS. The number of hydrogen-bond acceptors (Lipinski definition) is 5. The molecule has 0 spiro atoms. The second-order valence-corrected chi connectivity index (χ2v) is 6.14. The van der Waals surface area contributed by atoms with Crippen molar-refractivity contribution < 1.29 is 4.79 Å². The lowest BCUT2D eigenvalue weighted by Gasteiger charge is -2.28. The van der Waals surface area contributed by atoms with Gasteiger partial charge in [-0.1, -0.05) is 30.6 Å². The molecule has 1 aliphatic carbocycles. The highest BCUT2D eigenvalue weighted by Gasteiger charge is 2.23. The normalized spacial score (nSPS) is 18.0. The molecule has 2 rings (SSSR count). The molecule has 1 aromatic heterocycles. The van der Waals surface area contributed by atoms with Crippen molar-refractivity contribution in [1.29, 1.82) is 0 Å². The summed E-state index contributed by atoms with van der Waals surface area (Å²) in [5.41, 5.74) is 5.77. The highest BCUT2D eigenvalue weighted by Crippen LogP contribution is 2.28. The van der Waals surface area contributed by atoms with Crippen LogP contribution < -0.4 is 16.4 Å². The number of nitrogens with two attached hydrogens (primary N) is 1. The molecule has 0 aliphatic heterocycles. The number of nitrogen functional groups attached to an aromatic ring is 1. The zero-order valence-electron chi connectivity index (χ0n) is 11.5. The van der Waals surface area contributed by atoms with Crippen LogP contribution in [0, 0.1) is 5.92 Å². The van der Waals surface area contributed by atoms with E-state index < -0.39 is 0 Å². The third kappa shape index (κ3) is 3.37. The lowest BCUT2D eigenvalue weighted by Crippen LogP contribution is -2.38. The fraction of sp³-hybridized carbons (Fsp3) is 0.692. The van der Waals surface area contributed by atoms with Crippen LogP contribution in [-0.2, 0) is 0 Å². The van der Waals surface area contributed by atoms with Crippen LogP contribution in [-0.4, -0.2) is 24.0 Å². The van der Waals surface area contributed by atoms with Gasteiger partial charge in [0.1, 0.15) is 10.7 Å². The van der Waals surface area contributed by atoms with Crippen molar-refractivity contribution in [2.75, 3.05) is 18.1 Å². The first kappa shape index (κ1) is 14.1. The summed E-state index contributed by atoms with van der Waals surface area (Å²) in [4.78, 5) is 16.8. The van der Waals surface area contributed by atoms with E-state index in [1.807, 2.05) is 0 Å². The molecule has 4 N–H and O–H groups in total. The fourth-order valence-corrected chi connectivity index (χ4v) is 3.37. The van der Waals surface area contributed by atoms with Crippen LogP contribution in [0.15, 0.2) is 0 Å². The van der Waals surface area contributed by atoms with Crippen LogP contribution in [0.25, 0.3) is 0 Å². The lowest BCUT2D eigenvalue weighted by atomic mass is 9.84.